The first kappa shape index (κ1) is 26.7. The molecule has 4 rings (SSSR count). The van der Waals surface area contributed by atoms with Crippen molar-refractivity contribution in [3.8, 4) is 17.2 Å². The first-order valence-corrected chi connectivity index (χ1v) is 12.5. The fourth-order valence-corrected chi connectivity index (χ4v) is 4.17. The second-order valence-corrected chi connectivity index (χ2v) is 8.78. The Kier molecular flexibility index (Phi) is 8.59. The first-order chi connectivity index (χ1) is 18.4. The molecule has 0 unspecified atom stereocenters. The smallest absolute Gasteiger partial charge is 0.307 e. The molecule has 38 heavy (non-hydrogen) atoms. The van der Waals surface area contributed by atoms with Crippen molar-refractivity contribution in [2.24, 2.45) is 5.10 Å². The molecule has 0 aliphatic carbocycles. The number of hydrazone groups is 1. The summed E-state index contributed by atoms with van der Waals surface area (Å²) in [5.41, 5.74) is 4.28. The van der Waals surface area contributed by atoms with Gasteiger partial charge in [0.25, 0.3) is 5.69 Å². The number of amides is 1. The highest BCUT2D eigenvalue weighted by molar-refractivity contribution is 9.10. The summed E-state index contributed by atoms with van der Waals surface area (Å²) >= 11 is 3.49. The summed E-state index contributed by atoms with van der Waals surface area (Å²) in [5, 5.41) is 15.8. The Morgan fingerprint density at radius 1 is 1.08 bits per heavy atom. The fourth-order valence-electron chi connectivity index (χ4n) is 3.59. The van der Waals surface area contributed by atoms with Gasteiger partial charge in [-0.25, -0.2) is 5.43 Å². The second-order valence-electron chi connectivity index (χ2n) is 7.92. The number of carbonyl (C=O) groups excluding carboxylic acids is 1. The Bertz CT molecular complexity index is 1500. The number of carbonyl (C=O) groups is 1. The molecule has 4 aromatic rings. The number of nitro groups is 1. The molecule has 0 saturated heterocycles. The number of hydrogen-bond acceptors (Lipinski definition) is 8. The minimum atomic E-state index is -0.503. The zero-order valence-corrected chi connectivity index (χ0v) is 22.2. The van der Waals surface area contributed by atoms with Gasteiger partial charge in [0.05, 0.1) is 28.8 Å². The second kappa shape index (κ2) is 12.2. The SMILES string of the molecule is CCOc1ccc2oc(C(=O)N/N=C/c3cc(Br)c(OCc4cccc([N+](=O)[O-])c4)c(OCC)c3)cc2c1. The van der Waals surface area contributed by atoms with Crippen molar-refractivity contribution >= 4 is 44.7 Å². The predicted molar refractivity (Wildman–Crippen MR) is 145 cm³/mol. The normalized spacial score (nSPS) is 11.0. The number of nitrogens with zero attached hydrogens (tertiary/aromatic N) is 2. The van der Waals surface area contributed by atoms with Crippen LogP contribution in [0.4, 0.5) is 5.69 Å². The van der Waals surface area contributed by atoms with Gasteiger partial charge in [-0.2, -0.15) is 5.10 Å². The van der Waals surface area contributed by atoms with Gasteiger partial charge < -0.3 is 18.6 Å². The standard InChI is InChI=1S/C27H24BrN3O7/c1-3-35-21-8-9-23-19(13-21)14-25(38-23)27(32)30-29-15-18-11-22(28)26(24(12-18)36-4-2)37-16-17-6-5-7-20(10-17)31(33)34/h5-15H,3-4,16H2,1-2H3,(H,30,32)/b29-15+. The molecule has 0 fully saturated rings. The van der Waals surface area contributed by atoms with Crippen LogP contribution in [0, 0.1) is 10.1 Å². The molecule has 0 saturated carbocycles. The number of non-ortho nitro benzene ring substituents is 1. The third kappa shape index (κ3) is 6.48. The van der Waals surface area contributed by atoms with Crippen molar-refractivity contribution in [1.29, 1.82) is 0 Å². The van der Waals surface area contributed by atoms with Crippen LogP contribution >= 0.6 is 15.9 Å². The summed E-state index contributed by atoms with van der Waals surface area (Å²) in [5.74, 6) is 1.19. The molecule has 0 radical (unpaired) electrons. The van der Waals surface area contributed by atoms with Gasteiger partial charge in [0, 0.05) is 17.5 Å². The molecule has 0 aliphatic heterocycles. The molecule has 0 atom stereocenters. The van der Waals surface area contributed by atoms with Crippen molar-refractivity contribution in [3.05, 3.63) is 92.1 Å². The molecule has 1 amide bonds. The number of halogens is 1. The molecule has 1 aromatic heterocycles. The van der Waals surface area contributed by atoms with Crippen molar-refractivity contribution < 1.29 is 28.3 Å². The minimum absolute atomic E-state index is 0.0123. The van der Waals surface area contributed by atoms with Crippen LogP contribution < -0.4 is 19.6 Å². The lowest BCUT2D eigenvalue weighted by Crippen LogP contribution is -2.16. The minimum Gasteiger partial charge on any atom is -0.494 e. The maximum atomic E-state index is 12.5. The van der Waals surface area contributed by atoms with Gasteiger partial charge in [-0.3, -0.25) is 14.9 Å². The van der Waals surface area contributed by atoms with Crippen LogP contribution in [0.5, 0.6) is 17.2 Å². The van der Waals surface area contributed by atoms with Gasteiger partial charge >= 0.3 is 5.91 Å². The summed E-state index contributed by atoms with van der Waals surface area (Å²) in [6, 6.07) is 16.6. The molecule has 11 heteroatoms. The number of furan rings is 1. The Balaban J connectivity index is 1.45. The Morgan fingerprint density at radius 2 is 1.89 bits per heavy atom. The van der Waals surface area contributed by atoms with E-state index in [0.717, 1.165) is 5.39 Å². The van der Waals surface area contributed by atoms with E-state index < -0.39 is 10.8 Å². The van der Waals surface area contributed by atoms with E-state index >= 15 is 0 Å². The molecule has 0 bridgehead atoms. The molecule has 3 aromatic carbocycles. The lowest BCUT2D eigenvalue weighted by Gasteiger charge is -2.14. The predicted octanol–water partition coefficient (Wildman–Crippen LogP) is 6.24. The molecule has 196 valence electrons. The number of nitro benzene ring substituents is 1. The topological polar surface area (TPSA) is 125 Å². The zero-order chi connectivity index (χ0) is 27.1. The summed E-state index contributed by atoms with van der Waals surface area (Å²) in [6.07, 6.45) is 1.46. The van der Waals surface area contributed by atoms with Crippen molar-refractivity contribution in [1.82, 2.24) is 5.43 Å². The summed E-state index contributed by atoms with van der Waals surface area (Å²) < 4.78 is 23.3. The van der Waals surface area contributed by atoms with Gasteiger partial charge in [0.15, 0.2) is 17.3 Å². The highest BCUT2D eigenvalue weighted by Crippen LogP contribution is 2.37. The van der Waals surface area contributed by atoms with E-state index in [9.17, 15) is 14.9 Å². The van der Waals surface area contributed by atoms with Crippen LogP contribution in [0.25, 0.3) is 11.0 Å². The van der Waals surface area contributed by atoms with Crippen molar-refractivity contribution in [2.75, 3.05) is 13.2 Å². The van der Waals surface area contributed by atoms with Crippen LogP contribution in [0.2, 0.25) is 0 Å². The van der Waals surface area contributed by atoms with Gasteiger partial charge in [0.1, 0.15) is 17.9 Å². The fraction of sp³-hybridized carbons (Fsp3) is 0.185. The van der Waals surface area contributed by atoms with E-state index in [-0.39, 0.29) is 18.1 Å². The number of nitrogens with one attached hydrogen (secondary N) is 1. The Labute approximate surface area is 226 Å². The zero-order valence-electron chi connectivity index (χ0n) is 20.6. The van der Waals surface area contributed by atoms with E-state index in [2.05, 4.69) is 26.5 Å². The number of ether oxygens (including phenoxy) is 3. The van der Waals surface area contributed by atoms with Crippen LogP contribution in [0.15, 0.2) is 74.7 Å². The van der Waals surface area contributed by atoms with Crippen LogP contribution in [0.3, 0.4) is 0 Å². The lowest BCUT2D eigenvalue weighted by molar-refractivity contribution is -0.384. The molecular formula is C27H24BrN3O7. The van der Waals surface area contributed by atoms with Gasteiger partial charge in [-0.05, 0) is 77.3 Å². The van der Waals surface area contributed by atoms with E-state index in [1.807, 2.05) is 13.8 Å². The molecule has 0 aliphatic rings. The van der Waals surface area contributed by atoms with Crippen molar-refractivity contribution in [2.45, 2.75) is 20.5 Å². The maximum absolute atomic E-state index is 12.5. The van der Waals surface area contributed by atoms with Crippen LogP contribution in [-0.2, 0) is 6.61 Å². The van der Waals surface area contributed by atoms with E-state index in [1.165, 1.54) is 18.3 Å². The Hall–Kier alpha value is -4.38. The van der Waals surface area contributed by atoms with E-state index in [0.29, 0.717) is 51.6 Å². The van der Waals surface area contributed by atoms with E-state index in [1.54, 1.807) is 48.5 Å². The van der Waals surface area contributed by atoms with Crippen molar-refractivity contribution in [3.63, 3.8) is 0 Å². The van der Waals surface area contributed by atoms with Crippen LogP contribution in [-0.4, -0.2) is 30.3 Å². The molecule has 10 nitrogen and oxygen atoms in total. The number of hydrogen-bond donors (Lipinski definition) is 1. The Morgan fingerprint density at radius 3 is 2.66 bits per heavy atom. The van der Waals surface area contributed by atoms with Gasteiger partial charge in [-0.15, -0.1) is 0 Å². The highest BCUT2D eigenvalue weighted by Gasteiger charge is 2.15. The maximum Gasteiger partial charge on any atom is 0.307 e. The van der Waals surface area contributed by atoms with Gasteiger partial charge in [-0.1, -0.05) is 12.1 Å². The number of benzene rings is 3. The average molecular weight is 582 g/mol. The summed E-state index contributed by atoms with van der Waals surface area (Å²) in [6.45, 7) is 4.76. The lowest BCUT2D eigenvalue weighted by atomic mass is 10.2. The first-order valence-electron chi connectivity index (χ1n) is 11.7. The quantitative estimate of drug-likeness (QED) is 0.126. The van der Waals surface area contributed by atoms with Crippen LogP contribution in [0.1, 0.15) is 35.5 Å². The highest BCUT2D eigenvalue weighted by atomic mass is 79.9. The van der Waals surface area contributed by atoms with E-state index in [4.69, 9.17) is 18.6 Å². The average Bonchev–Trinajstić information content (AvgIpc) is 3.32. The largest absolute Gasteiger partial charge is 0.494 e. The summed E-state index contributed by atoms with van der Waals surface area (Å²) in [4.78, 5) is 23.1. The molecular weight excluding hydrogens is 558 g/mol. The van der Waals surface area contributed by atoms with Gasteiger partial charge in [0.2, 0.25) is 0 Å². The third-order valence-corrected chi connectivity index (χ3v) is 5.83. The third-order valence-electron chi connectivity index (χ3n) is 5.24. The molecule has 1 N–H and O–H groups in total. The summed E-state index contributed by atoms with van der Waals surface area (Å²) in [7, 11) is 0. The molecule has 0 spiro atoms. The molecule has 1 heterocycles. The number of rotatable bonds is 11. The number of fused-ring (bicyclic) bond motifs is 1. The monoisotopic (exact) mass is 581 g/mol.